The molecule has 1 fully saturated rings. The number of methoxy groups -OCH3 is 1. The van der Waals surface area contributed by atoms with E-state index in [1.165, 1.54) is 0 Å². The van der Waals surface area contributed by atoms with Crippen LogP contribution in [0.2, 0.25) is 0 Å². The Kier molecular flexibility index (Phi) is 4.11. The Balaban J connectivity index is 2.25. The molecular formula is C15H22N2O3. The lowest BCUT2D eigenvalue weighted by atomic mass is 9.79. The van der Waals surface area contributed by atoms with Crippen LogP contribution < -0.4 is 10.5 Å². The lowest BCUT2D eigenvalue weighted by Gasteiger charge is -2.25. The average Bonchev–Trinajstić information content (AvgIpc) is 2.75. The van der Waals surface area contributed by atoms with Crippen molar-refractivity contribution in [1.29, 1.82) is 0 Å². The number of aromatic nitrogens is 1. The molecule has 2 rings (SSSR count). The normalized spacial score (nSPS) is 25.8. The van der Waals surface area contributed by atoms with Gasteiger partial charge in [0.2, 0.25) is 0 Å². The average molecular weight is 278 g/mol. The molecule has 110 valence electrons. The molecule has 2 N–H and O–H groups in total. The van der Waals surface area contributed by atoms with E-state index in [4.69, 9.17) is 15.2 Å². The second-order valence-electron chi connectivity index (χ2n) is 5.69. The van der Waals surface area contributed by atoms with Crippen molar-refractivity contribution in [3.8, 4) is 5.75 Å². The number of hydrogen-bond acceptors (Lipinski definition) is 5. The van der Waals surface area contributed by atoms with Crippen LogP contribution in [0.5, 0.6) is 5.75 Å². The molecule has 1 aliphatic heterocycles. The van der Waals surface area contributed by atoms with Crippen LogP contribution in [0.4, 0.5) is 0 Å². The predicted octanol–water partition coefficient (Wildman–Crippen LogP) is 1.18. The lowest BCUT2D eigenvalue weighted by molar-refractivity contribution is -0.127. The largest absolute Gasteiger partial charge is 0.496 e. The van der Waals surface area contributed by atoms with Crippen molar-refractivity contribution in [2.45, 2.75) is 33.2 Å². The number of carbonyl (C=O) groups is 1. The Morgan fingerprint density at radius 1 is 1.60 bits per heavy atom. The van der Waals surface area contributed by atoms with Gasteiger partial charge in [-0.3, -0.25) is 9.78 Å². The Labute approximate surface area is 119 Å². The zero-order chi connectivity index (χ0) is 14.9. The van der Waals surface area contributed by atoms with Crippen LogP contribution in [-0.4, -0.2) is 37.1 Å². The second-order valence-corrected chi connectivity index (χ2v) is 5.69. The first kappa shape index (κ1) is 14.9. The van der Waals surface area contributed by atoms with Crippen LogP contribution in [0.25, 0.3) is 0 Å². The Morgan fingerprint density at radius 3 is 2.85 bits per heavy atom. The van der Waals surface area contributed by atoms with E-state index in [1.807, 2.05) is 20.8 Å². The standard InChI is InChI=1S/C15H22N2O3/c1-9-6-17-11(10(2)14(9)19-4)5-13(18)15(3)8-20-7-12(15)16/h6,12H,5,7-8,16H2,1-4H3. The summed E-state index contributed by atoms with van der Waals surface area (Å²) in [5.74, 6) is 0.865. The van der Waals surface area contributed by atoms with E-state index in [0.29, 0.717) is 13.2 Å². The summed E-state index contributed by atoms with van der Waals surface area (Å²) in [5.41, 5.74) is 8.00. The van der Waals surface area contributed by atoms with Gasteiger partial charge >= 0.3 is 0 Å². The van der Waals surface area contributed by atoms with Crippen LogP contribution >= 0.6 is 0 Å². The molecule has 5 nitrogen and oxygen atoms in total. The molecular weight excluding hydrogens is 256 g/mol. The summed E-state index contributed by atoms with van der Waals surface area (Å²) in [6, 6.07) is -0.248. The van der Waals surface area contributed by atoms with Gasteiger partial charge in [0.25, 0.3) is 0 Å². The fourth-order valence-electron chi connectivity index (χ4n) is 2.58. The number of nitrogens with zero attached hydrogens (tertiary/aromatic N) is 1. The summed E-state index contributed by atoms with van der Waals surface area (Å²) in [7, 11) is 1.63. The van der Waals surface area contributed by atoms with Crippen LogP contribution in [0.15, 0.2) is 6.20 Å². The topological polar surface area (TPSA) is 74.4 Å². The molecule has 1 aliphatic rings. The maximum atomic E-state index is 12.5. The van der Waals surface area contributed by atoms with Crippen LogP contribution in [0, 0.1) is 19.3 Å². The monoisotopic (exact) mass is 278 g/mol. The third-order valence-electron chi connectivity index (χ3n) is 4.23. The molecule has 2 atom stereocenters. The molecule has 0 aliphatic carbocycles. The maximum Gasteiger partial charge on any atom is 0.148 e. The number of rotatable bonds is 4. The minimum Gasteiger partial charge on any atom is -0.496 e. The van der Waals surface area contributed by atoms with Crippen molar-refractivity contribution in [1.82, 2.24) is 4.98 Å². The van der Waals surface area contributed by atoms with Crippen molar-refractivity contribution >= 4 is 5.78 Å². The maximum absolute atomic E-state index is 12.5. The highest BCUT2D eigenvalue weighted by Gasteiger charge is 2.43. The fraction of sp³-hybridized carbons (Fsp3) is 0.600. The van der Waals surface area contributed by atoms with E-state index in [2.05, 4.69) is 4.98 Å². The highest BCUT2D eigenvalue weighted by atomic mass is 16.5. The minimum atomic E-state index is -0.619. The second kappa shape index (κ2) is 5.50. The number of ether oxygens (including phenoxy) is 2. The molecule has 0 bridgehead atoms. The molecule has 5 heteroatoms. The van der Waals surface area contributed by atoms with E-state index in [-0.39, 0.29) is 18.2 Å². The number of aryl methyl sites for hydroxylation is 1. The molecule has 1 aromatic heterocycles. The third-order valence-corrected chi connectivity index (χ3v) is 4.23. The Bertz CT molecular complexity index is 530. The lowest BCUT2D eigenvalue weighted by Crippen LogP contribution is -2.45. The van der Waals surface area contributed by atoms with E-state index in [9.17, 15) is 4.79 Å². The number of Topliss-reactive ketones (excluding diaryl/α,β-unsaturated/α-hetero) is 1. The smallest absolute Gasteiger partial charge is 0.148 e. The van der Waals surface area contributed by atoms with Gasteiger partial charge in [-0.1, -0.05) is 0 Å². The molecule has 2 unspecified atom stereocenters. The SMILES string of the molecule is COc1c(C)cnc(CC(=O)C2(C)COCC2N)c1C. The first-order valence-electron chi connectivity index (χ1n) is 6.76. The molecule has 0 radical (unpaired) electrons. The van der Waals surface area contributed by atoms with Crippen molar-refractivity contribution in [3.05, 3.63) is 23.0 Å². The van der Waals surface area contributed by atoms with Gasteiger partial charge in [-0.05, 0) is 20.8 Å². The summed E-state index contributed by atoms with van der Waals surface area (Å²) in [4.78, 5) is 16.9. The van der Waals surface area contributed by atoms with Crippen LogP contribution in [0.3, 0.4) is 0 Å². The van der Waals surface area contributed by atoms with Crippen LogP contribution in [-0.2, 0) is 16.0 Å². The molecule has 20 heavy (non-hydrogen) atoms. The number of nitrogens with two attached hydrogens (primary N) is 1. The van der Waals surface area contributed by atoms with Crippen molar-refractivity contribution < 1.29 is 14.3 Å². The molecule has 1 aromatic rings. The quantitative estimate of drug-likeness (QED) is 0.895. The van der Waals surface area contributed by atoms with Crippen molar-refractivity contribution in [2.24, 2.45) is 11.1 Å². The fourth-order valence-corrected chi connectivity index (χ4v) is 2.58. The number of ketones is 1. The molecule has 0 amide bonds. The summed E-state index contributed by atoms with van der Waals surface area (Å²) in [6.45, 7) is 6.55. The van der Waals surface area contributed by atoms with E-state index >= 15 is 0 Å². The van der Waals surface area contributed by atoms with E-state index in [1.54, 1.807) is 13.3 Å². The first-order valence-corrected chi connectivity index (χ1v) is 6.76. The number of pyridine rings is 1. The van der Waals surface area contributed by atoms with E-state index in [0.717, 1.165) is 22.6 Å². The third kappa shape index (κ3) is 2.43. The van der Waals surface area contributed by atoms with Gasteiger partial charge in [0.15, 0.2) is 0 Å². The predicted molar refractivity (Wildman–Crippen MR) is 75.9 cm³/mol. The summed E-state index contributed by atoms with van der Waals surface area (Å²) in [5, 5.41) is 0. The van der Waals surface area contributed by atoms with Gasteiger partial charge in [0, 0.05) is 29.8 Å². The minimum absolute atomic E-state index is 0.0732. The van der Waals surface area contributed by atoms with Gasteiger partial charge < -0.3 is 15.2 Å². The summed E-state index contributed by atoms with van der Waals surface area (Å²) >= 11 is 0. The number of carbonyl (C=O) groups excluding carboxylic acids is 1. The molecule has 2 heterocycles. The molecule has 0 spiro atoms. The highest BCUT2D eigenvalue weighted by Crippen LogP contribution is 2.31. The van der Waals surface area contributed by atoms with Gasteiger partial charge in [0.1, 0.15) is 11.5 Å². The molecule has 0 saturated carbocycles. The molecule has 1 saturated heterocycles. The summed E-state index contributed by atoms with van der Waals surface area (Å²) < 4.78 is 10.7. The Morgan fingerprint density at radius 2 is 2.30 bits per heavy atom. The summed E-state index contributed by atoms with van der Waals surface area (Å²) in [6.07, 6.45) is 2.00. The van der Waals surface area contributed by atoms with Gasteiger partial charge in [-0.15, -0.1) is 0 Å². The van der Waals surface area contributed by atoms with Gasteiger partial charge in [-0.2, -0.15) is 0 Å². The van der Waals surface area contributed by atoms with Crippen molar-refractivity contribution in [3.63, 3.8) is 0 Å². The highest BCUT2D eigenvalue weighted by molar-refractivity contribution is 5.87. The first-order chi connectivity index (χ1) is 9.40. The van der Waals surface area contributed by atoms with Gasteiger partial charge in [-0.25, -0.2) is 0 Å². The Hall–Kier alpha value is -1.46. The van der Waals surface area contributed by atoms with Gasteiger partial charge in [0.05, 0.1) is 31.4 Å². The number of hydrogen-bond donors (Lipinski definition) is 1. The van der Waals surface area contributed by atoms with Crippen LogP contribution in [0.1, 0.15) is 23.7 Å². The molecule has 0 aromatic carbocycles. The zero-order valence-electron chi connectivity index (χ0n) is 12.5. The van der Waals surface area contributed by atoms with Crippen molar-refractivity contribution in [2.75, 3.05) is 20.3 Å². The zero-order valence-corrected chi connectivity index (χ0v) is 12.5. The van der Waals surface area contributed by atoms with E-state index < -0.39 is 5.41 Å².